The van der Waals surface area contributed by atoms with Gasteiger partial charge in [0.1, 0.15) is 5.75 Å². The molecule has 0 atom stereocenters. The molecule has 0 saturated heterocycles. The van der Waals surface area contributed by atoms with Crippen molar-refractivity contribution in [2.75, 3.05) is 0 Å². The summed E-state index contributed by atoms with van der Waals surface area (Å²) in [6.45, 7) is 3.81. The third-order valence-electron chi connectivity index (χ3n) is 2.43. The topological polar surface area (TPSA) is 85.5 Å². The van der Waals surface area contributed by atoms with Crippen molar-refractivity contribution in [2.24, 2.45) is 0 Å². The second-order valence-electron chi connectivity index (χ2n) is 4.32. The molecular weight excluding hydrogens is 248 g/mol. The summed E-state index contributed by atoms with van der Waals surface area (Å²) < 4.78 is 9.98. The zero-order valence-corrected chi connectivity index (χ0v) is 10.7. The lowest BCUT2D eigenvalue weighted by molar-refractivity contribution is 0.0430. The summed E-state index contributed by atoms with van der Waals surface area (Å²) in [7, 11) is 0. The van der Waals surface area contributed by atoms with E-state index in [2.05, 4.69) is 10.1 Å². The highest BCUT2D eigenvalue weighted by Gasteiger charge is 2.12. The van der Waals surface area contributed by atoms with Crippen LogP contribution in [0, 0.1) is 0 Å². The Hall–Kier alpha value is -2.37. The van der Waals surface area contributed by atoms with Crippen LogP contribution in [0.3, 0.4) is 0 Å². The number of hydrogen-bond donors (Lipinski definition) is 1. The van der Waals surface area contributed by atoms with Crippen LogP contribution in [-0.4, -0.2) is 21.2 Å². The van der Waals surface area contributed by atoms with Gasteiger partial charge in [-0.2, -0.15) is 4.98 Å². The van der Waals surface area contributed by atoms with E-state index in [1.165, 1.54) is 24.3 Å². The molecule has 0 aliphatic heterocycles. The van der Waals surface area contributed by atoms with Gasteiger partial charge in [0, 0.05) is 5.92 Å². The largest absolute Gasteiger partial charge is 0.508 e. The number of rotatable bonds is 4. The van der Waals surface area contributed by atoms with Crippen LogP contribution in [-0.2, 0) is 11.3 Å². The average Bonchev–Trinajstić information content (AvgIpc) is 2.86. The molecule has 6 heteroatoms. The summed E-state index contributed by atoms with van der Waals surface area (Å²) in [5, 5.41) is 12.9. The average molecular weight is 262 g/mol. The summed E-state index contributed by atoms with van der Waals surface area (Å²) in [6.07, 6.45) is 0. The number of aromatic nitrogens is 2. The monoisotopic (exact) mass is 262 g/mol. The maximum Gasteiger partial charge on any atom is 0.338 e. The molecule has 19 heavy (non-hydrogen) atoms. The zero-order chi connectivity index (χ0) is 13.8. The van der Waals surface area contributed by atoms with E-state index in [0.29, 0.717) is 11.4 Å². The van der Waals surface area contributed by atoms with Crippen molar-refractivity contribution in [1.29, 1.82) is 0 Å². The van der Waals surface area contributed by atoms with E-state index in [-0.39, 0.29) is 24.2 Å². The Morgan fingerprint density at radius 1 is 1.37 bits per heavy atom. The number of nitrogens with zero attached hydrogens (tertiary/aromatic N) is 2. The van der Waals surface area contributed by atoms with Crippen molar-refractivity contribution in [3.63, 3.8) is 0 Å². The van der Waals surface area contributed by atoms with Crippen molar-refractivity contribution in [3.8, 4) is 5.75 Å². The number of carbonyl (C=O) groups is 1. The van der Waals surface area contributed by atoms with E-state index >= 15 is 0 Å². The standard InChI is InChI=1S/C13H14N2O4/c1-8(2)12-14-11(19-15-12)7-18-13(17)9-3-5-10(16)6-4-9/h3-6,8,16H,7H2,1-2H3. The van der Waals surface area contributed by atoms with Gasteiger partial charge in [-0.25, -0.2) is 4.79 Å². The molecule has 6 nitrogen and oxygen atoms in total. The molecule has 0 aliphatic rings. The molecule has 1 aromatic heterocycles. The van der Waals surface area contributed by atoms with Crippen molar-refractivity contribution in [3.05, 3.63) is 41.5 Å². The lowest BCUT2D eigenvalue weighted by atomic mass is 10.2. The first-order valence-corrected chi connectivity index (χ1v) is 5.85. The van der Waals surface area contributed by atoms with Gasteiger partial charge in [-0.1, -0.05) is 19.0 Å². The van der Waals surface area contributed by atoms with Gasteiger partial charge in [0.15, 0.2) is 12.4 Å². The zero-order valence-electron chi connectivity index (χ0n) is 10.7. The molecule has 1 heterocycles. The molecule has 0 aliphatic carbocycles. The van der Waals surface area contributed by atoms with Crippen LogP contribution in [0.1, 0.15) is 41.8 Å². The van der Waals surface area contributed by atoms with E-state index in [1.807, 2.05) is 13.8 Å². The van der Waals surface area contributed by atoms with Gasteiger partial charge < -0.3 is 14.4 Å². The molecule has 0 radical (unpaired) electrons. The van der Waals surface area contributed by atoms with Gasteiger partial charge in [-0.3, -0.25) is 0 Å². The quantitative estimate of drug-likeness (QED) is 0.850. The molecular formula is C13H14N2O4. The van der Waals surface area contributed by atoms with Crippen LogP contribution in [0.5, 0.6) is 5.75 Å². The number of phenols is 1. The number of ether oxygens (including phenoxy) is 1. The van der Waals surface area contributed by atoms with Crippen molar-refractivity contribution >= 4 is 5.97 Å². The van der Waals surface area contributed by atoms with E-state index in [4.69, 9.17) is 14.4 Å². The fourth-order valence-electron chi connectivity index (χ4n) is 1.37. The van der Waals surface area contributed by atoms with Gasteiger partial charge >= 0.3 is 5.97 Å². The molecule has 100 valence electrons. The lowest BCUT2D eigenvalue weighted by Crippen LogP contribution is -2.05. The Morgan fingerprint density at radius 3 is 2.63 bits per heavy atom. The molecule has 0 unspecified atom stereocenters. The SMILES string of the molecule is CC(C)c1noc(COC(=O)c2ccc(O)cc2)n1. The number of hydrogen-bond acceptors (Lipinski definition) is 6. The minimum atomic E-state index is -0.510. The first-order valence-electron chi connectivity index (χ1n) is 5.85. The Bertz CT molecular complexity index is 560. The fraction of sp³-hybridized carbons (Fsp3) is 0.308. The van der Waals surface area contributed by atoms with E-state index in [1.54, 1.807) is 0 Å². The summed E-state index contributed by atoms with van der Waals surface area (Å²) in [5.74, 6) is 0.580. The second-order valence-corrected chi connectivity index (χ2v) is 4.32. The first kappa shape index (κ1) is 13.1. The minimum absolute atomic E-state index is 0.0700. The Balaban J connectivity index is 1.94. The Kier molecular flexibility index (Phi) is 3.79. The molecule has 2 rings (SSSR count). The summed E-state index contributed by atoms with van der Waals surface area (Å²) in [4.78, 5) is 15.8. The maximum absolute atomic E-state index is 11.7. The van der Waals surface area contributed by atoms with Crippen LogP contribution in [0.2, 0.25) is 0 Å². The third-order valence-corrected chi connectivity index (χ3v) is 2.43. The smallest absolute Gasteiger partial charge is 0.338 e. The lowest BCUT2D eigenvalue weighted by Gasteiger charge is -2.01. The van der Waals surface area contributed by atoms with Gasteiger partial charge in [-0.15, -0.1) is 0 Å². The molecule has 0 amide bonds. The molecule has 0 bridgehead atoms. The van der Waals surface area contributed by atoms with Gasteiger partial charge in [0.05, 0.1) is 5.56 Å². The predicted molar refractivity (Wildman–Crippen MR) is 65.6 cm³/mol. The summed E-state index contributed by atoms with van der Waals surface area (Å²) in [6, 6.07) is 5.79. The van der Waals surface area contributed by atoms with Crippen LogP contribution in [0.15, 0.2) is 28.8 Å². The van der Waals surface area contributed by atoms with Crippen molar-refractivity contribution in [2.45, 2.75) is 26.4 Å². The Labute approximate surface area is 110 Å². The van der Waals surface area contributed by atoms with Crippen molar-refractivity contribution in [1.82, 2.24) is 10.1 Å². The highest BCUT2D eigenvalue weighted by atomic mass is 16.6. The van der Waals surface area contributed by atoms with Crippen LogP contribution in [0.4, 0.5) is 0 Å². The number of esters is 1. The normalized spacial score (nSPS) is 10.7. The molecule has 1 N–H and O–H groups in total. The van der Waals surface area contributed by atoms with Gasteiger partial charge in [0.2, 0.25) is 0 Å². The first-order chi connectivity index (χ1) is 9.06. The summed E-state index contributed by atoms with van der Waals surface area (Å²) in [5.41, 5.74) is 0.349. The van der Waals surface area contributed by atoms with E-state index in [0.717, 1.165) is 0 Å². The van der Waals surface area contributed by atoms with Crippen LogP contribution >= 0.6 is 0 Å². The van der Waals surface area contributed by atoms with Crippen LogP contribution in [0.25, 0.3) is 0 Å². The van der Waals surface area contributed by atoms with Gasteiger partial charge in [0.25, 0.3) is 5.89 Å². The number of carbonyl (C=O) groups excluding carboxylic acids is 1. The van der Waals surface area contributed by atoms with Crippen LogP contribution < -0.4 is 0 Å². The van der Waals surface area contributed by atoms with E-state index in [9.17, 15) is 4.79 Å². The highest BCUT2D eigenvalue weighted by Crippen LogP contribution is 2.13. The minimum Gasteiger partial charge on any atom is -0.508 e. The number of phenolic OH excluding ortho intramolecular Hbond substituents is 1. The van der Waals surface area contributed by atoms with Crippen molar-refractivity contribution < 1.29 is 19.2 Å². The van der Waals surface area contributed by atoms with Gasteiger partial charge in [-0.05, 0) is 24.3 Å². The molecule has 0 fully saturated rings. The summed E-state index contributed by atoms with van der Waals surface area (Å²) >= 11 is 0. The molecule has 1 aromatic carbocycles. The maximum atomic E-state index is 11.7. The highest BCUT2D eigenvalue weighted by molar-refractivity contribution is 5.89. The number of benzene rings is 1. The molecule has 0 saturated carbocycles. The fourth-order valence-corrected chi connectivity index (χ4v) is 1.37. The third kappa shape index (κ3) is 3.31. The second kappa shape index (κ2) is 5.51. The van der Waals surface area contributed by atoms with E-state index < -0.39 is 5.97 Å². The Morgan fingerprint density at radius 2 is 2.05 bits per heavy atom. The molecule has 0 spiro atoms. The molecule has 2 aromatic rings. The predicted octanol–water partition coefficient (Wildman–Crippen LogP) is 2.26. The number of aromatic hydroxyl groups is 1.